The van der Waals surface area contributed by atoms with Crippen molar-refractivity contribution in [1.82, 2.24) is 10.3 Å². The van der Waals surface area contributed by atoms with Crippen LogP contribution in [-0.4, -0.2) is 35.0 Å². The summed E-state index contributed by atoms with van der Waals surface area (Å²) >= 11 is 0. The van der Waals surface area contributed by atoms with E-state index in [-0.39, 0.29) is 24.7 Å². The molecule has 1 unspecified atom stereocenters. The number of carbonyl (C=O) groups is 1. The predicted octanol–water partition coefficient (Wildman–Crippen LogP) is 2.20. The van der Waals surface area contributed by atoms with Crippen LogP contribution in [0.15, 0.2) is 41.4 Å². The van der Waals surface area contributed by atoms with Crippen LogP contribution in [0.3, 0.4) is 0 Å². The second-order valence-corrected chi connectivity index (χ2v) is 6.56. The van der Waals surface area contributed by atoms with Crippen molar-refractivity contribution >= 4 is 11.7 Å². The molecule has 0 fully saturated rings. The van der Waals surface area contributed by atoms with Gasteiger partial charge in [-0.3, -0.25) is 9.79 Å². The Bertz CT molecular complexity index is 955. The normalized spacial score (nSPS) is 22.7. The predicted molar refractivity (Wildman–Crippen MR) is 91.4 cm³/mol. The zero-order chi connectivity index (χ0) is 19.2. The summed E-state index contributed by atoms with van der Waals surface area (Å²) in [6.07, 6.45) is -3.71. The van der Waals surface area contributed by atoms with E-state index in [2.05, 4.69) is 15.3 Å². The van der Waals surface area contributed by atoms with Crippen LogP contribution in [0.25, 0.3) is 0 Å². The first kappa shape index (κ1) is 17.7. The summed E-state index contributed by atoms with van der Waals surface area (Å²) < 4.78 is 39.9. The van der Waals surface area contributed by atoms with Gasteiger partial charge >= 0.3 is 6.18 Å². The van der Waals surface area contributed by atoms with E-state index in [0.29, 0.717) is 24.0 Å². The fourth-order valence-electron chi connectivity index (χ4n) is 3.90. The lowest BCUT2D eigenvalue weighted by atomic mass is 9.73. The minimum Gasteiger partial charge on any atom is -0.394 e. The van der Waals surface area contributed by atoms with Crippen LogP contribution in [0.4, 0.5) is 13.2 Å². The Kier molecular flexibility index (Phi) is 4.03. The van der Waals surface area contributed by atoms with Gasteiger partial charge in [-0.25, -0.2) is 4.98 Å². The average Bonchev–Trinajstić information content (AvgIpc) is 3.03. The van der Waals surface area contributed by atoms with E-state index in [9.17, 15) is 18.0 Å². The Morgan fingerprint density at radius 3 is 2.74 bits per heavy atom. The molecule has 5 nitrogen and oxygen atoms in total. The van der Waals surface area contributed by atoms with Gasteiger partial charge in [-0.05, 0) is 36.1 Å². The standard InChI is InChI=1S/C19H16F3N3O2/c20-19(21,22)14-6-5-12-15(24-14)18(17(27)25-16(12)23-9-10-26)8-7-11-3-1-2-4-13(11)18/h1-6,26H,7-10H2,(H,23,25,27). The summed E-state index contributed by atoms with van der Waals surface area (Å²) in [6, 6.07) is 9.43. The molecule has 1 amide bonds. The first-order valence-corrected chi connectivity index (χ1v) is 8.52. The number of alkyl halides is 3. The number of amides is 1. The van der Waals surface area contributed by atoms with Gasteiger partial charge in [0.05, 0.1) is 18.8 Å². The van der Waals surface area contributed by atoms with Crippen molar-refractivity contribution in [2.45, 2.75) is 24.4 Å². The van der Waals surface area contributed by atoms with Gasteiger partial charge in [0.25, 0.3) is 0 Å². The highest BCUT2D eigenvalue weighted by Crippen LogP contribution is 2.47. The van der Waals surface area contributed by atoms with Crippen molar-refractivity contribution in [3.05, 3.63) is 64.5 Å². The number of nitrogens with zero attached hydrogens (tertiary/aromatic N) is 2. The molecular weight excluding hydrogens is 359 g/mol. The third kappa shape index (κ3) is 2.63. The fourth-order valence-corrected chi connectivity index (χ4v) is 3.90. The zero-order valence-electron chi connectivity index (χ0n) is 14.2. The molecule has 1 aromatic heterocycles. The highest BCUT2D eigenvalue weighted by molar-refractivity contribution is 6.16. The molecule has 0 bridgehead atoms. The van der Waals surface area contributed by atoms with Crippen LogP contribution in [0.5, 0.6) is 0 Å². The van der Waals surface area contributed by atoms with Crippen LogP contribution in [0.1, 0.15) is 34.5 Å². The Morgan fingerprint density at radius 1 is 1.22 bits per heavy atom. The van der Waals surface area contributed by atoms with E-state index >= 15 is 0 Å². The molecule has 1 aliphatic heterocycles. The number of aromatic nitrogens is 1. The van der Waals surface area contributed by atoms with Crippen LogP contribution in [0.2, 0.25) is 0 Å². The Balaban J connectivity index is 1.99. The van der Waals surface area contributed by atoms with Crippen molar-refractivity contribution in [3.8, 4) is 0 Å². The lowest BCUT2D eigenvalue weighted by Gasteiger charge is -2.35. The van der Waals surface area contributed by atoms with E-state index in [1.165, 1.54) is 6.07 Å². The topological polar surface area (TPSA) is 74.6 Å². The Hall–Kier alpha value is -2.74. The molecule has 1 aliphatic carbocycles. The second-order valence-electron chi connectivity index (χ2n) is 6.56. The number of hydrogen-bond donors (Lipinski definition) is 2. The van der Waals surface area contributed by atoms with Crippen molar-refractivity contribution < 1.29 is 23.1 Å². The zero-order valence-corrected chi connectivity index (χ0v) is 14.2. The Morgan fingerprint density at radius 2 is 2.00 bits per heavy atom. The number of aliphatic hydroxyl groups excluding tert-OH is 1. The fraction of sp³-hybridized carbons (Fsp3) is 0.316. The molecule has 2 aromatic rings. The highest BCUT2D eigenvalue weighted by atomic mass is 19.4. The molecule has 27 heavy (non-hydrogen) atoms. The minimum absolute atomic E-state index is 0.0274. The highest BCUT2D eigenvalue weighted by Gasteiger charge is 2.53. The Labute approximate surface area is 153 Å². The number of nitrogens with one attached hydrogen (secondary N) is 1. The summed E-state index contributed by atoms with van der Waals surface area (Å²) in [6.45, 7) is -0.212. The van der Waals surface area contributed by atoms with Gasteiger partial charge in [-0.2, -0.15) is 13.2 Å². The van der Waals surface area contributed by atoms with E-state index in [1.54, 1.807) is 12.1 Å². The number of fused-ring (bicyclic) bond motifs is 4. The minimum atomic E-state index is -4.62. The molecule has 2 aliphatic rings. The van der Waals surface area contributed by atoms with Crippen LogP contribution in [0, 0.1) is 0 Å². The number of carbonyl (C=O) groups excluding carboxylic acids is 1. The summed E-state index contributed by atoms with van der Waals surface area (Å²) in [5.74, 6) is -0.302. The third-order valence-corrected chi connectivity index (χ3v) is 5.08. The quantitative estimate of drug-likeness (QED) is 0.845. The number of amidine groups is 1. The molecule has 0 radical (unpaired) electrons. The molecule has 1 aromatic carbocycles. The molecule has 2 N–H and O–H groups in total. The molecule has 0 saturated heterocycles. The summed E-state index contributed by atoms with van der Waals surface area (Å²) in [7, 11) is 0. The third-order valence-electron chi connectivity index (χ3n) is 5.08. The van der Waals surface area contributed by atoms with Crippen molar-refractivity contribution in [2.24, 2.45) is 4.99 Å². The van der Waals surface area contributed by atoms with E-state index < -0.39 is 23.2 Å². The summed E-state index contributed by atoms with van der Waals surface area (Å²) in [5, 5.41) is 11.7. The number of hydrogen-bond acceptors (Lipinski definition) is 4. The summed E-state index contributed by atoms with van der Waals surface area (Å²) in [4.78, 5) is 21.1. The molecule has 1 spiro atoms. The molecule has 140 valence electrons. The first-order chi connectivity index (χ1) is 12.9. The van der Waals surface area contributed by atoms with Gasteiger partial charge < -0.3 is 10.4 Å². The van der Waals surface area contributed by atoms with E-state index in [1.807, 2.05) is 12.1 Å². The molecule has 2 heterocycles. The maximum absolute atomic E-state index is 13.3. The lowest BCUT2D eigenvalue weighted by Crippen LogP contribution is -2.53. The van der Waals surface area contributed by atoms with Gasteiger partial charge in [0, 0.05) is 5.56 Å². The molecule has 1 atom stereocenters. The number of benzene rings is 1. The van der Waals surface area contributed by atoms with Gasteiger partial charge in [0.15, 0.2) is 0 Å². The molecule has 4 rings (SSSR count). The van der Waals surface area contributed by atoms with E-state index in [4.69, 9.17) is 5.11 Å². The van der Waals surface area contributed by atoms with Crippen LogP contribution in [-0.2, 0) is 22.8 Å². The van der Waals surface area contributed by atoms with Crippen molar-refractivity contribution in [1.29, 1.82) is 0 Å². The van der Waals surface area contributed by atoms with Crippen molar-refractivity contribution in [3.63, 3.8) is 0 Å². The van der Waals surface area contributed by atoms with Gasteiger partial charge in [0.2, 0.25) is 5.91 Å². The van der Waals surface area contributed by atoms with E-state index in [0.717, 1.165) is 11.6 Å². The van der Waals surface area contributed by atoms with Crippen LogP contribution >= 0.6 is 0 Å². The average molecular weight is 375 g/mol. The largest absolute Gasteiger partial charge is 0.433 e. The number of aliphatic imine (C=N–C) groups is 1. The second kappa shape index (κ2) is 6.16. The van der Waals surface area contributed by atoms with Gasteiger partial charge in [0.1, 0.15) is 16.9 Å². The van der Waals surface area contributed by atoms with Gasteiger partial charge in [-0.15, -0.1) is 0 Å². The number of aryl methyl sites for hydroxylation is 1. The monoisotopic (exact) mass is 375 g/mol. The maximum atomic E-state index is 13.3. The first-order valence-electron chi connectivity index (χ1n) is 8.52. The number of pyridine rings is 1. The number of halogens is 3. The number of rotatable bonds is 2. The summed E-state index contributed by atoms with van der Waals surface area (Å²) in [5.41, 5.74) is -0.284. The smallest absolute Gasteiger partial charge is 0.394 e. The number of aliphatic hydroxyl groups is 1. The molecule has 0 saturated carbocycles. The SMILES string of the molecule is O=C1NC(=NCCO)c2ccc(C(F)(F)F)nc2C12CCc1ccccc12. The van der Waals surface area contributed by atoms with Gasteiger partial charge in [-0.1, -0.05) is 24.3 Å². The maximum Gasteiger partial charge on any atom is 0.433 e. The molecular formula is C19H16F3N3O2. The van der Waals surface area contributed by atoms with Crippen molar-refractivity contribution in [2.75, 3.05) is 13.2 Å². The lowest BCUT2D eigenvalue weighted by molar-refractivity contribution is -0.141. The van der Waals surface area contributed by atoms with Crippen LogP contribution < -0.4 is 5.32 Å². The molecule has 8 heteroatoms.